The van der Waals surface area contributed by atoms with Crippen LogP contribution in [-0.2, 0) is 9.53 Å². The second-order valence-electron chi connectivity index (χ2n) is 5.82. The van der Waals surface area contributed by atoms with Crippen LogP contribution in [0.3, 0.4) is 0 Å². The molecule has 3 N–H and O–H groups in total. The van der Waals surface area contributed by atoms with Gasteiger partial charge in [-0.1, -0.05) is 0 Å². The number of carbonyl (C=O) groups excluding carboxylic acids is 1. The van der Waals surface area contributed by atoms with E-state index in [-0.39, 0.29) is 18.3 Å². The number of halogens is 1. The van der Waals surface area contributed by atoms with Crippen molar-refractivity contribution in [1.29, 1.82) is 0 Å². The van der Waals surface area contributed by atoms with Gasteiger partial charge in [0.2, 0.25) is 5.91 Å². The quantitative estimate of drug-likeness (QED) is 0.881. The molecule has 0 saturated carbocycles. The largest absolute Gasteiger partial charge is 0.381 e. The highest BCUT2D eigenvalue weighted by Gasteiger charge is 2.36. The summed E-state index contributed by atoms with van der Waals surface area (Å²) in [6.07, 6.45) is 5.37. The SMILES string of the molecule is Cl.NC1(C(=O)Nc2ccc(N3CCCC3)cn2)CCOCC1. The first-order valence-electron chi connectivity index (χ1n) is 7.56. The van der Waals surface area contributed by atoms with Crippen LogP contribution in [0.2, 0.25) is 0 Å². The number of anilines is 2. The van der Waals surface area contributed by atoms with Crippen molar-refractivity contribution in [2.45, 2.75) is 31.2 Å². The van der Waals surface area contributed by atoms with Crippen molar-refractivity contribution in [2.24, 2.45) is 5.73 Å². The molecule has 6 nitrogen and oxygen atoms in total. The molecule has 1 amide bonds. The third-order valence-corrected chi connectivity index (χ3v) is 4.30. The summed E-state index contributed by atoms with van der Waals surface area (Å²) >= 11 is 0. The second-order valence-corrected chi connectivity index (χ2v) is 5.82. The summed E-state index contributed by atoms with van der Waals surface area (Å²) in [6.45, 7) is 3.23. The Labute approximate surface area is 136 Å². The average Bonchev–Trinajstić information content (AvgIpc) is 3.03. The molecule has 122 valence electrons. The number of hydrogen-bond donors (Lipinski definition) is 2. The highest BCUT2D eigenvalue weighted by molar-refractivity contribution is 5.97. The number of amides is 1. The lowest BCUT2D eigenvalue weighted by Gasteiger charge is -2.31. The molecule has 1 aromatic rings. The van der Waals surface area contributed by atoms with Crippen LogP contribution in [0.1, 0.15) is 25.7 Å². The monoisotopic (exact) mass is 326 g/mol. The molecule has 2 fully saturated rings. The van der Waals surface area contributed by atoms with Gasteiger partial charge in [0.1, 0.15) is 11.4 Å². The Balaban J connectivity index is 0.00000176. The number of pyridine rings is 1. The lowest BCUT2D eigenvalue weighted by atomic mass is 9.90. The van der Waals surface area contributed by atoms with Gasteiger partial charge in [-0.25, -0.2) is 4.98 Å². The molecule has 2 aliphatic rings. The van der Waals surface area contributed by atoms with Gasteiger partial charge in [0.25, 0.3) is 0 Å². The van der Waals surface area contributed by atoms with Crippen molar-refractivity contribution in [2.75, 3.05) is 36.5 Å². The van der Waals surface area contributed by atoms with E-state index in [1.807, 2.05) is 18.3 Å². The number of nitrogens with one attached hydrogen (secondary N) is 1. The number of rotatable bonds is 3. The van der Waals surface area contributed by atoms with Crippen molar-refractivity contribution in [3.05, 3.63) is 18.3 Å². The molecule has 7 heteroatoms. The van der Waals surface area contributed by atoms with Gasteiger partial charge in [0.15, 0.2) is 0 Å². The van der Waals surface area contributed by atoms with Crippen LogP contribution in [0.15, 0.2) is 18.3 Å². The number of hydrogen-bond acceptors (Lipinski definition) is 5. The Morgan fingerprint density at radius 3 is 2.55 bits per heavy atom. The van der Waals surface area contributed by atoms with E-state index in [4.69, 9.17) is 10.5 Å². The minimum atomic E-state index is -0.840. The van der Waals surface area contributed by atoms with Crippen molar-refractivity contribution >= 4 is 29.8 Å². The number of ether oxygens (including phenoxy) is 1. The van der Waals surface area contributed by atoms with Gasteiger partial charge in [0, 0.05) is 26.3 Å². The Kier molecular flexibility index (Phi) is 5.61. The summed E-state index contributed by atoms with van der Waals surface area (Å²) in [4.78, 5) is 18.9. The number of carbonyl (C=O) groups is 1. The molecular weight excluding hydrogens is 304 g/mol. The van der Waals surface area contributed by atoms with Gasteiger partial charge in [-0.2, -0.15) is 0 Å². The van der Waals surface area contributed by atoms with E-state index in [0.717, 1.165) is 18.8 Å². The van der Waals surface area contributed by atoms with Gasteiger partial charge in [-0.05, 0) is 37.8 Å². The molecule has 3 heterocycles. The molecule has 0 spiro atoms. The Hall–Kier alpha value is -1.37. The zero-order valence-corrected chi connectivity index (χ0v) is 13.4. The highest BCUT2D eigenvalue weighted by atomic mass is 35.5. The van der Waals surface area contributed by atoms with Crippen molar-refractivity contribution < 1.29 is 9.53 Å². The molecule has 1 aromatic heterocycles. The fourth-order valence-electron chi connectivity index (χ4n) is 2.83. The van der Waals surface area contributed by atoms with E-state index in [9.17, 15) is 4.79 Å². The normalized spacial score (nSPS) is 20.3. The third kappa shape index (κ3) is 3.69. The fourth-order valence-corrected chi connectivity index (χ4v) is 2.83. The van der Waals surface area contributed by atoms with Crippen molar-refractivity contribution in [3.63, 3.8) is 0 Å². The first-order chi connectivity index (χ1) is 10.2. The summed E-state index contributed by atoms with van der Waals surface area (Å²) in [5, 5.41) is 2.82. The lowest BCUT2D eigenvalue weighted by molar-refractivity contribution is -0.124. The number of nitrogens with zero attached hydrogens (tertiary/aromatic N) is 2. The smallest absolute Gasteiger partial charge is 0.245 e. The molecule has 2 saturated heterocycles. The second kappa shape index (κ2) is 7.26. The molecule has 3 rings (SSSR count). The minimum absolute atomic E-state index is 0. The van der Waals surface area contributed by atoms with E-state index in [1.54, 1.807) is 0 Å². The first kappa shape index (κ1) is 17.0. The van der Waals surface area contributed by atoms with Crippen LogP contribution in [0, 0.1) is 0 Å². The Morgan fingerprint density at radius 2 is 1.95 bits per heavy atom. The van der Waals surface area contributed by atoms with Crippen LogP contribution < -0.4 is 16.0 Å². The molecule has 0 unspecified atom stereocenters. The predicted octanol–water partition coefficient (Wildman–Crippen LogP) is 1.55. The lowest BCUT2D eigenvalue weighted by Crippen LogP contribution is -2.54. The summed E-state index contributed by atoms with van der Waals surface area (Å²) in [5.41, 5.74) is 6.42. The van der Waals surface area contributed by atoms with Gasteiger partial charge >= 0.3 is 0 Å². The van der Waals surface area contributed by atoms with Crippen molar-refractivity contribution in [3.8, 4) is 0 Å². The molecule has 0 bridgehead atoms. The molecule has 0 aliphatic carbocycles. The van der Waals surface area contributed by atoms with E-state index in [1.165, 1.54) is 12.8 Å². The summed E-state index contributed by atoms with van der Waals surface area (Å²) < 4.78 is 5.26. The van der Waals surface area contributed by atoms with Crippen LogP contribution in [0.5, 0.6) is 0 Å². The maximum absolute atomic E-state index is 12.3. The molecule has 2 aliphatic heterocycles. The maximum atomic E-state index is 12.3. The van der Waals surface area contributed by atoms with Crippen LogP contribution in [-0.4, -0.2) is 42.7 Å². The highest BCUT2D eigenvalue weighted by Crippen LogP contribution is 2.22. The average molecular weight is 327 g/mol. The Bertz CT molecular complexity index is 497. The molecule has 22 heavy (non-hydrogen) atoms. The van der Waals surface area contributed by atoms with E-state index in [2.05, 4.69) is 15.2 Å². The summed E-state index contributed by atoms with van der Waals surface area (Å²) in [6, 6.07) is 3.84. The Morgan fingerprint density at radius 1 is 1.27 bits per heavy atom. The molecule has 0 radical (unpaired) electrons. The molecule has 0 aromatic carbocycles. The van der Waals surface area contributed by atoms with Crippen LogP contribution >= 0.6 is 12.4 Å². The van der Waals surface area contributed by atoms with Gasteiger partial charge in [-0.15, -0.1) is 12.4 Å². The minimum Gasteiger partial charge on any atom is -0.381 e. The maximum Gasteiger partial charge on any atom is 0.245 e. The number of aromatic nitrogens is 1. The topological polar surface area (TPSA) is 80.5 Å². The predicted molar refractivity (Wildman–Crippen MR) is 88.5 cm³/mol. The summed E-state index contributed by atoms with van der Waals surface area (Å²) in [7, 11) is 0. The third-order valence-electron chi connectivity index (χ3n) is 4.30. The number of nitrogens with two attached hydrogens (primary N) is 1. The first-order valence-corrected chi connectivity index (χ1v) is 7.56. The summed E-state index contributed by atoms with van der Waals surface area (Å²) in [5.74, 6) is 0.381. The van der Waals surface area contributed by atoms with Gasteiger partial charge in [0.05, 0.1) is 11.9 Å². The van der Waals surface area contributed by atoms with Crippen molar-refractivity contribution in [1.82, 2.24) is 4.98 Å². The van der Waals surface area contributed by atoms with E-state index < -0.39 is 5.54 Å². The fraction of sp³-hybridized carbons (Fsp3) is 0.600. The van der Waals surface area contributed by atoms with Gasteiger partial charge < -0.3 is 20.7 Å². The molecular formula is C15H23ClN4O2. The zero-order chi connectivity index (χ0) is 14.7. The van der Waals surface area contributed by atoms with E-state index >= 15 is 0 Å². The molecule has 0 atom stereocenters. The van der Waals surface area contributed by atoms with E-state index in [0.29, 0.717) is 31.9 Å². The van der Waals surface area contributed by atoms with Gasteiger partial charge in [-0.3, -0.25) is 4.79 Å². The van der Waals surface area contributed by atoms with Crippen LogP contribution in [0.4, 0.5) is 11.5 Å². The zero-order valence-electron chi connectivity index (χ0n) is 12.6. The van der Waals surface area contributed by atoms with Crippen LogP contribution in [0.25, 0.3) is 0 Å². The standard InChI is InChI=1S/C15H22N4O2.ClH/c16-15(5-9-21-10-6-15)14(20)18-13-4-3-12(11-17-13)19-7-1-2-8-19;/h3-4,11H,1-2,5-10,16H2,(H,17,18,20);1H.